The summed E-state index contributed by atoms with van der Waals surface area (Å²) >= 11 is 5.37. The van der Waals surface area contributed by atoms with Gasteiger partial charge in [-0.1, -0.05) is 5.16 Å². The zero-order valence-electron chi connectivity index (χ0n) is 10.8. The maximum Gasteiger partial charge on any atom is 0.213 e. The lowest BCUT2D eigenvalue weighted by molar-refractivity contribution is 0.408. The molecule has 0 saturated carbocycles. The van der Waals surface area contributed by atoms with E-state index in [1.807, 2.05) is 16.2 Å². The highest BCUT2D eigenvalue weighted by atomic mass is 32.1. The lowest BCUT2D eigenvalue weighted by atomic mass is 10.4. The van der Waals surface area contributed by atoms with E-state index in [4.69, 9.17) is 16.7 Å². The number of imidazole rings is 1. The lowest BCUT2D eigenvalue weighted by Gasteiger charge is -2.04. The summed E-state index contributed by atoms with van der Waals surface area (Å²) in [4.78, 5) is 7.23. The van der Waals surface area contributed by atoms with Gasteiger partial charge in [-0.25, -0.2) is 4.68 Å². The monoisotopic (exact) mass is 278 g/mol. The second-order valence-corrected chi connectivity index (χ2v) is 4.67. The molecule has 0 fully saturated rings. The molecule has 0 saturated heterocycles. The van der Waals surface area contributed by atoms with Gasteiger partial charge in [0.15, 0.2) is 16.2 Å². The number of H-pyrrole nitrogens is 1. The van der Waals surface area contributed by atoms with Crippen molar-refractivity contribution in [1.82, 2.24) is 29.5 Å². The maximum atomic E-state index is 5.37. The molecule has 0 atom stereocenters. The first kappa shape index (κ1) is 12.1. The van der Waals surface area contributed by atoms with Gasteiger partial charge in [0.1, 0.15) is 5.52 Å². The largest absolute Gasteiger partial charge is 0.343 e. The second kappa shape index (κ2) is 4.61. The average Bonchev–Trinajstić information content (AvgIpc) is 3.06. The van der Waals surface area contributed by atoms with Crippen LogP contribution < -0.4 is 0 Å². The molecule has 0 amide bonds. The van der Waals surface area contributed by atoms with E-state index in [0.29, 0.717) is 23.6 Å². The Balaban J connectivity index is 2.02. The summed E-state index contributed by atoms with van der Waals surface area (Å²) < 4.78 is 9.41. The van der Waals surface area contributed by atoms with E-state index in [1.54, 1.807) is 0 Å². The van der Waals surface area contributed by atoms with Gasteiger partial charge in [-0.05, 0) is 26.1 Å². The number of rotatable bonds is 4. The third-order valence-corrected chi connectivity index (χ3v) is 3.42. The Hall–Kier alpha value is -1.96. The van der Waals surface area contributed by atoms with Crippen molar-refractivity contribution in [3.8, 4) is 0 Å². The molecule has 100 valence electrons. The summed E-state index contributed by atoms with van der Waals surface area (Å²) in [5.41, 5.74) is 2.98. The van der Waals surface area contributed by atoms with E-state index >= 15 is 0 Å². The zero-order valence-corrected chi connectivity index (χ0v) is 11.6. The highest BCUT2D eigenvalue weighted by molar-refractivity contribution is 7.71. The summed E-state index contributed by atoms with van der Waals surface area (Å²) in [5.74, 6) is 0.676. The summed E-state index contributed by atoms with van der Waals surface area (Å²) in [7, 11) is 0. The van der Waals surface area contributed by atoms with E-state index in [-0.39, 0.29) is 0 Å². The van der Waals surface area contributed by atoms with Gasteiger partial charge in [-0.15, -0.1) is 0 Å². The fourth-order valence-corrected chi connectivity index (χ4v) is 2.48. The minimum atomic E-state index is 0.672. The van der Waals surface area contributed by atoms with Crippen LogP contribution in [0.2, 0.25) is 0 Å². The van der Waals surface area contributed by atoms with Gasteiger partial charge in [0.05, 0.1) is 5.69 Å². The van der Waals surface area contributed by atoms with Gasteiger partial charge in [0.25, 0.3) is 0 Å². The molecular formula is C11H14N6OS. The van der Waals surface area contributed by atoms with Crippen LogP contribution in [-0.2, 0) is 19.5 Å². The van der Waals surface area contributed by atoms with Crippen molar-refractivity contribution in [3.05, 3.63) is 22.7 Å². The predicted molar refractivity (Wildman–Crippen MR) is 71.3 cm³/mol. The molecule has 3 aromatic rings. The van der Waals surface area contributed by atoms with Crippen molar-refractivity contribution in [2.75, 3.05) is 0 Å². The minimum absolute atomic E-state index is 0.672. The van der Waals surface area contributed by atoms with E-state index in [2.05, 4.69) is 27.1 Å². The molecule has 3 rings (SSSR count). The van der Waals surface area contributed by atoms with E-state index in [9.17, 15) is 0 Å². The van der Waals surface area contributed by atoms with Crippen LogP contribution in [0.3, 0.4) is 0 Å². The topological polar surface area (TPSA) is 77.5 Å². The smallest absolute Gasteiger partial charge is 0.213 e. The van der Waals surface area contributed by atoms with Gasteiger partial charge in [0.2, 0.25) is 6.39 Å². The van der Waals surface area contributed by atoms with Gasteiger partial charge < -0.3 is 14.1 Å². The van der Waals surface area contributed by atoms with Crippen molar-refractivity contribution in [1.29, 1.82) is 0 Å². The van der Waals surface area contributed by atoms with Crippen LogP contribution in [0.15, 0.2) is 10.9 Å². The zero-order chi connectivity index (χ0) is 13.4. The Labute approximate surface area is 114 Å². The van der Waals surface area contributed by atoms with Crippen LogP contribution in [0.5, 0.6) is 0 Å². The first-order valence-corrected chi connectivity index (χ1v) is 6.52. The molecule has 0 aliphatic rings. The predicted octanol–water partition coefficient (Wildman–Crippen LogP) is 1.85. The first-order valence-electron chi connectivity index (χ1n) is 6.12. The van der Waals surface area contributed by atoms with Crippen molar-refractivity contribution in [3.63, 3.8) is 0 Å². The number of nitrogens with zero attached hydrogens (tertiary/aromatic N) is 5. The number of fused-ring (bicyclic) bond motifs is 1. The van der Waals surface area contributed by atoms with Crippen LogP contribution >= 0.6 is 12.2 Å². The lowest BCUT2D eigenvalue weighted by Crippen LogP contribution is -2.07. The third kappa shape index (κ3) is 1.97. The quantitative estimate of drug-likeness (QED) is 0.737. The van der Waals surface area contributed by atoms with Crippen molar-refractivity contribution >= 4 is 23.4 Å². The number of aryl methyl sites for hydroxylation is 4. The normalized spacial score (nSPS) is 11.5. The number of nitrogens with one attached hydrogen (secondary N) is 1. The van der Waals surface area contributed by atoms with Crippen molar-refractivity contribution < 1.29 is 4.52 Å². The molecule has 0 bridgehead atoms. The Morgan fingerprint density at radius 2 is 2.32 bits per heavy atom. The number of hydrogen-bond donors (Lipinski definition) is 1. The van der Waals surface area contributed by atoms with Crippen LogP contribution in [0, 0.1) is 11.7 Å². The van der Waals surface area contributed by atoms with Gasteiger partial charge >= 0.3 is 0 Å². The minimum Gasteiger partial charge on any atom is -0.343 e. The molecule has 0 unspecified atom stereocenters. The first-order chi connectivity index (χ1) is 9.20. The molecule has 19 heavy (non-hydrogen) atoms. The fraction of sp³-hybridized carbons (Fsp3) is 0.455. The van der Waals surface area contributed by atoms with E-state index < -0.39 is 0 Å². The molecule has 1 N–H and O–H groups in total. The molecule has 0 aromatic carbocycles. The van der Waals surface area contributed by atoms with Gasteiger partial charge in [0, 0.05) is 19.5 Å². The van der Waals surface area contributed by atoms with Crippen molar-refractivity contribution in [2.24, 2.45) is 0 Å². The number of aromatic nitrogens is 6. The van der Waals surface area contributed by atoms with Crippen LogP contribution in [0.25, 0.3) is 11.2 Å². The average molecular weight is 278 g/mol. The Bertz CT molecular complexity index is 750. The van der Waals surface area contributed by atoms with E-state index in [1.165, 1.54) is 6.39 Å². The summed E-state index contributed by atoms with van der Waals surface area (Å²) in [6.07, 6.45) is 2.01. The highest BCUT2D eigenvalue weighted by Gasteiger charge is 2.14. The molecule has 0 aliphatic heterocycles. The third-order valence-electron chi connectivity index (χ3n) is 3.10. The molecule has 3 aromatic heterocycles. The van der Waals surface area contributed by atoms with Gasteiger partial charge in [-0.2, -0.15) is 10.1 Å². The molecule has 3 heterocycles. The summed E-state index contributed by atoms with van der Waals surface area (Å²) in [6.45, 7) is 5.54. The molecular weight excluding hydrogens is 264 g/mol. The molecule has 0 radical (unpaired) electrons. The highest BCUT2D eigenvalue weighted by Crippen LogP contribution is 2.18. The second-order valence-electron chi connectivity index (χ2n) is 4.28. The molecule has 0 spiro atoms. The Kier molecular flexibility index (Phi) is 2.94. The van der Waals surface area contributed by atoms with Crippen LogP contribution in [0.4, 0.5) is 0 Å². The molecule has 7 nitrogen and oxygen atoms in total. The Morgan fingerprint density at radius 1 is 1.47 bits per heavy atom. The molecule has 8 heteroatoms. The van der Waals surface area contributed by atoms with E-state index in [0.717, 1.165) is 23.4 Å². The number of hydrogen-bond acceptors (Lipinski definition) is 5. The SMILES string of the molecule is CCn1nc(C)c2[nH]c(=S)n(CCc3ncon3)c21. The van der Waals surface area contributed by atoms with Crippen molar-refractivity contribution in [2.45, 2.75) is 33.4 Å². The fourth-order valence-electron chi connectivity index (χ4n) is 2.20. The van der Waals surface area contributed by atoms with Crippen LogP contribution in [0.1, 0.15) is 18.4 Å². The summed E-state index contributed by atoms with van der Waals surface area (Å²) in [5, 5.41) is 8.29. The van der Waals surface area contributed by atoms with Crippen LogP contribution in [-0.4, -0.2) is 29.5 Å². The van der Waals surface area contributed by atoms with Gasteiger partial charge in [-0.3, -0.25) is 0 Å². The molecule has 0 aliphatic carbocycles. The number of aromatic amines is 1. The standard InChI is InChI=1S/C11H14N6OS/c1-3-17-10-9(7(2)14-17)13-11(19)16(10)5-4-8-12-6-18-15-8/h6H,3-5H2,1-2H3,(H,13,19). The Morgan fingerprint density at radius 3 is 3.00 bits per heavy atom. The maximum absolute atomic E-state index is 5.37. The summed E-state index contributed by atoms with van der Waals surface area (Å²) in [6, 6.07) is 0.